The summed E-state index contributed by atoms with van der Waals surface area (Å²) in [5, 5.41) is 7.22. The van der Waals surface area contributed by atoms with Gasteiger partial charge in [0.25, 0.3) is 0 Å². The Hall–Kier alpha value is -1.88. The third kappa shape index (κ3) is 2.82. The van der Waals surface area contributed by atoms with E-state index in [1.165, 1.54) is 0 Å². The van der Waals surface area contributed by atoms with Crippen LogP contribution in [0.3, 0.4) is 0 Å². The molecule has 0 aliphatic carbocycles. The minimum absolute atomic E-state index is 0.145. The summed E-state index contributed by atoms with van der Waals surface area (Å²) in [6, 6.07) is 5.95. The van der Waals surface area contributed by atoms with E-state index in [-0.39, 0.29) is 5.91 Å². The molecule has 1 fully saturated rings. The molecule has 1 N–H and O–H groups in total. The fraction of sp³-hybridized carbons (Fsp3) is 0.467. The van der Waals surface area contributed by atoms with Crippen LogP contribution < -0.4 is 5.32 Å². The van der Waals surface area contributed by atoms with Crippen molar-refractivity contribution in [1.29, 1.82) is 0 Å². The van der Waals surface area contributed by atoms with Crippen molar-refractivity contribution < 1.29 is 4.79 Å². The van der Waals surface area contributed by atoms with Gasteiger partial charge in [0.05, 0.1) is 5.52 Å². The molecule has 0 radical (unpaired) electrons. The first kappa shape index (κ1) is 13.1. The Kier molecular flexibility index (Phi) is 3.69. The van der Waals surface area contributed by atoms with E-state index >= 15 is 0 Å². The van der Waals surface area contributed by atoms with Crippen LogP contribution in [0.25, 0.3) is 5.52 Å². The predicted molar refractivity (Wildman–Crippen MR) is 77.3 cm³/mol. The summed E-state index contributed by atoms with van der Waals surface area (Å²) in [5.41, 5.74) is 2.15. The van der Waals surface area contributed by atoms with Crippen LogP contribution in [0, 0.1) is 5.92 Å². The predicted octanol–water partition coefficient (Wildman–Crippen LogP) is 1.29. The lowest BCUT2D eigenvalue weighted by Crippen LogP contribution is -2.26. The van der Waals surface area contributed by atoms with Gasteiger partial charge in [-0.3, -0.25) is 4.79 Å². The van der Waals surface area contributed by atoms with Crippen molar-refractivity contribution in [1.82, 2.24) is 19.8 Å². The molecule has 5 nitrogen and oxygen atoms in total. The molecule has 1 unspecified atom stereocenters. The van der Waals surface area contributed by atoms with E-state index in [4.69, 9.17) is 0 Å². The molecule has 1 atom stereocenters. The Labute approximate surface area is 118 Å². The number of nitrogens with zero attached hydrogens (tertiary/aromatic N) is 3. The second-order valence-electron chi connectivity index (χ2n) is 5.59. The van der Waals surface area contributed by atoms with E-state index in [0.717, 1.165) is 30.6 Å². The molecule has 20 heavy (non-hydrogen) atoms. The summed E-state index contributed by atoms with van der Waals surface area (Å²) in [4.78, 5) is 14.3. The van der Waals surface area contributed by atoms with Crippen molar-refractivity contribution in [3.05, 3.63) is 36.2 Å². The van der Waals surface area contributed by atoms with Gasteiger partial charge in [0.1, 0.15) is 0 Å². The number of rotatable bonds is 4. The fourth-order valence-corrected chi connectivity index (χ4v) is 2.88. The summed E-state index contributed by atoms with van der Waals surface area (Å²) < 4.78 is 1.83. The highest BCUT2D eigenvalue weighted by Crippen LogP contribution is 2.17. The van der Waals surface area contributed by atoms with Crippen molar-refractivity contribution in [2.75, 3.05) is 20.1 Å². The van der Waals surface area contributed by atoms with Gasteiger partial charge in [-0.15, -0.1) is 0 Å². The van der Waals surface area contributed by atoms with Crippen LogP contribution in [0.2, 0.25) is 0 Å². The minimum atomic E-state index is 0.145. The maximum Gasteiger partial charge on any atom is 0.220 e. The van der Waals surface area contributed by atoms with E-state index in [9.17, 15) is 4.79 Å². The number of carbonyl (C=O) groups is 1. The number of aromatic nitrogens is 2. The van der Waals surface area contributed by atoms with Crippen LogP contribution in [0.5, 0.6) is 0 Å². The first-order valence-electron chi connectivity index (χ1n) is 7.09. The average Bonchev–Trinajstić information content (AvgIpc) is 3.05. The Morgan fingerprint density at radius 2 is 2.40 bits per heavy atom. The number of nitrogens with one attached hydrogen (secondary N) is 1. The largest absolute Gasteiger partial charge is 0.352 e. The number of likely N-dealkylation sites (tertiary alicyclic amines) is 1. The van der Waals surface area contributed by atoms with E-state index in [2.05, 4.69) is 22.4 Å². The molecule has 0 bridgehead atoms. The third-order valence-electron chi connectivity index (χ3n) is 3.96. The normalized spacial score (nSPS) is 19.6. The Morgan fingerprint density at radius 1 is 1.50 bits per heavy atom. The number of hydrogen-bond acceptors (Lipinski definition) is 3. The smallest absolute Gasteiger partial charge is 0.220 e. The highest BCUT2D eigenvalue weighted by atomic mass is 16.1. The third-order valence-corrected chi connectivity index (χ3v) is 3.96. The molecular formula is C15H20N4O. The van der Waals surface area contributed by atoms with Crippen LogP contribution in [0.15, 0.2) is 30.6 Å². The van der Waals surface area contributed by atoms with Crippen molar-refractivity contribution in [2.45, 2.75) is 19.4 Å². The van der Waals surface area contributed by atoms with Gasteiger partial charge in [-0.2, -0.15) is 5.10 Å². The molecule has 2 aromatic heterocycles. The van der Waals surface area contributed by atoms with Gasteiger partial charge in [0.2, 0.25) is 5.91 Å². The van der Waals surface area contributed by atoms with E-state index < -0.39 is 0 Å². The maximum absolute atomic E-state index is 12.0. The zero-order chi connectivity index (χ0) is 13.9. The number of fused-ring (bicyclic) bond motifs is 1. The first-order valence-corrected chi connectivity index (χ1v) is 7.09. The summed E-state index contributed by atoms with van der Waals surface area (Å²) in [5.74, 6) is 0.651. The quantitative estimate of drug-likeness (QED) is 0.912. The average molecular weight is 272 g/mol. The van der Waals surface area contributed by atoms with Crippen molar-refractivity contribution in [3.63, 3.8) is 0 Å². The lowest BCUT2D eigenvalue weighted by atomic mass is 10.0. The number of carbonyl (C=O) groups excluding carboxylic acids is 1. The molecule has 5 heteroatoms. The Bertz CT molecular complexity index is 607. The van der Waals surface area contributed by atoms with Crippen LogP contribution in [0.4, 0.5) is 0 Å². The van der Waals surface area contributed by atoms with Gasteiger partial charge in [-0.1, -0.05) is 6.07 Å². The van der Waals surface area contributed by atoms with E-state index in [0.29, 0.717) is 18.9 Å². The monoisotopic (exact) mass is 272 g/mol. The molecule has 1 amide bonds. The second kappa shape index (κ2) is 5.63. The molecule has 3 heterocycles. The number of amides is 1. The van der Waals surface area contributed by atoms with Crippen LogP contribution in [0.1, 0.15) is 18.4 Å². The van der Waals surface area contributed by atoms with Crippen molar-refractivity contribution in [2.24, 2.45) is 5.92 Å². The highest BCUT2D eigenvalue weighted by Gasteiger charge is 2.21. The molecule has 106 valence electrons. The SMILES string of the molecule is CN1CCC(CC(=O)NCc2cccn3nccc23)C1. The molecule has 3 rings (SSSR count). The van der Waals surface area contributed by atoms with E-state index in [1.54, 1.807) is 6.20 Å². The van der Waals surface area contributed by atoms with Gasteiger partial charge < -0.3 is 10.2 Å². The molecule has 0 saturated carbocycles. The van der Waals surface area contributed by atoms with Crippen LogP contribution >= 0.6 is 0 Å². The van der Waals surface area contributed by atoms with Crippen LogP contribution in [-0.2, 0) is 11.3 Å². The molecule has 1 aliphatic rings. The lowest BCUT2D eigenvalue weighted by molar-refractivity contribution is -0.122. The lowest BCUT2D eigenvalue weighted by Gasteiger charge is -2.11. The van der Waals surface area contributed by atoms with Crippen LogP contribution in [-0.4, -0.2) is 40.6 Å². The molecule has 0 spiro atoms. The van der Waals surface area contributed by atoms with Gasteiger partial charge in [0.15, 0.2) is 0 Å². The van der Waals surface area contributed by atoms with E-state index in [1.807, 2.05) is 28.9 Å². The fourth-order valence-electron chi connectivity index (χ4n) is 2.88. The summed E-state index contributed by atoms with van der Waals surface area (Å²) in [7, 11) is 2.11. The maximum atomic E-state index is 12.0. The van der Waals surface area contributed by atoms with Crippen molar-refractivity contribution >= 4 is 11.4 Å². The number of pyridine rings is 1. The van der Waals surface area contributed by atoms with Gasteiger partial charge in [0, 0.05) is 31.9 Å². The first-order chi connectivity index (χ1) is 9.72. The van der Waals surface area contributed by atoms with Crippen molar-refractivity contribution in [3.8, 4) is 0 Å². The standard InChI is InChI=1S/C15H20N4O/c1-18-8-5-12(11-18)9-15(20)16-10-13-3-2-7-19-14(13)4-6-17-19/h2-4,6-7,12H,5,8-11H2,1H3,(H,16,20). The Balaban J connectivity index is 1.56. The zero-order valence-electron chi connectivity index (χ0n) is 11.7. The van der Waals surface area contributed by atoms with Gasteiger partial charge in [-0.25, -0.2) is 4.52 Å². The van der Waals surface area contributed by atoms with Gasteiger partial charge in [-0.05, 0) is 43.6 Å². The zero-order valence-corrected chi connectivity index (χ0v) is 11.7. The molecule has 2 aromatic rings. The Morgan fingerprint density at radius 3 is 3.20 bits per heavy atom. The summed E-state index contributed by atoms with van der Waals surface area (Å²) in [6.45, 7) is 2.70. The molecule has 1 aliphatic heterocycles. The molecule has 1 saturated heterocycles. The van der Waals surface area contributed by atoms with Gasteiger partial charge >= 0.3 is 0 Å². The summed E-state index contributed by atoms with van der Waals surface area (Å²) >= 11 is 0. The topological polar surface area (TPSA) is 49.6 Å². The minimum Gasteiger partial charge on any atom is -0.352 e. The number of hydrogen-bond donors (Lipinski definition) is 1. The molecule has 0 aromatic carbocycles. The highest BCUT2D eigenvalue weighted by molar-refractivity contribution is 5.76. The molecular weight excluding hydrogens is 252 g/mol. The second-order valence-corrected chi connectivity index (χ2v) is 5.59. The summed E-state index contributed by atoms with van der Waals surface area (Å²) in [6.07, 6.45) is 5.44.